The van der Waals surface area contributed by atoms with Gasteiger partial charge in [-0.15, -0.1) is 0 Å². The normalized spacial score (nSPS) is 12.7. The molecule has 5 heteroatoms. The average molecular weight is 463 g/mol. The van der Waals surface area contributed by atoms with E-state index in [-0.39, 0.29) is 5.75 Å². The van der Waals surface area contributed by atoms with Gasteiger partial charge in [-0.05, 0) is 0 Å². The van der Waals surface area contributed by atoms with Crippen LogP contribution in [0.15, 0.2) is 48.5 Å². The van der Waals surface area contributed by atoms with Crippen molar-refractivity contribution in [2.24, 2.45) is 0 Å². The first-order chi connectivity index (χ1) is 15.3. The van der Waals surface area contributed by atoms with Gasteiger partial charge in [0, 0.05) is 0 Å². The van der Waals surface area contributed by atoms with Crippen LogP contribution in [0.4, 0.5) is 0 Å². The molecule has 0 aliphatic rings. The molecule has 2 rings (SSSR count). The molecule has 3 N–H and O–H groups in total. The van der Waals surface area contributed by atoms with Crippen LogP contribution in [0, 0.1) is 0 Å². The van der Waals surface area contributed by atoms with Crippen LogP contribution in [-0.2, 0) is 5.41 Å². The number of hydrogen-bond donors (Lipinski definition) is 3. The Morgan fingerprint density at radius 1 is 0.719 bits per heavy atom. The van der Waals surface area contributed by atoms with Crippen molar-refractivity contribution >= 4 is 7.94 Å². The minimum absolute atomic E-state index is 0.217. The van der Waals surface area contributed by atoms with Gasteiger partial charge in [-0.25, -0.2) is 0 Å². The van der Waals surface area contributed by atoms with E-state index in [1.54, 1.807) is 18.2 Å². The van der Waals surface area contributed by atoms with Crippen LogP contribution in [0.2, 0.25) is 0 Å². The molecule has 0 aliphatic heterocycles. The van der Waals surface area contributed by atoms with Gasteiger partial charge >= 0.3 is 195 Å². The summed E-state index contributed by atoms with van der Waals surface area (Å²) in [6.45, 7) is 6.25. The van der Waals surface area contributed by atoms with Crippen LogP contribution in [0.5, 0.6) is 11.5 Å². The first-order valence-corrected chi connectivity index (χ1v) is 14.3. The molecule has 0 spiro atoms. The van der Waals surface area contributed by atoms with Crippen molar-refractivity contribution in [3.63, 3.8) is 0 Å². The molecule has 0 amide bonds. The van der Waals surface area contributed by atoms with Crippen LogP contribution >= 0.6 is 7.94 Å². The van der Waals surface area contributed by atoms with Crippen LogP contribution < -0.4 is 4.52 Å². The second kappa shape index (κ2) is 13.2. The molecule has 0 bridgehead atoms. The van der Waals surface area contributed by atoms with Crippen molar-refractivity contribution in [2.75, 3.05) is 6.16 Å². The Kier molecular flexibility index (Phi) is 11.0. The molecule has 0 heterocycles. The molecule has 0 radical (unpaired) electrons. The SMILES string of the molecule is CCCCCCCCCCCC[PH](O)(O)Oc1ccccc1C(C)(C)c1ccccc1O. The second-order valence-corrected chi connectivity index (χ2v) is 11.6. The van der Waals surface area contributed by atoms with Crippen molar-refractivity contribution in [2.45, 2.75) is 90.4 Å². The van der Waals surface area contributed by atoms with Gasteiger partial charge in [0.1, 0.15) is 0 Å². The Morgan fingerprint density at radius 2 is 1.22 bits per heavy atom. The Balaban J connectivity index is 1.88. The molecule has 0 fully saturated rings. The van der Waals surface area contributed by atoms with E-state index in [4.69, 9.17) is 4.52 Å². The fourth-order valence-electron chi connectivity index (χ4n) is 4.29. The summed E-state index contributed by atoms with van der Waals surface area (Å²) in [5.74, 6) is 0.693. The predicted octanol–water partition coefficient (Wildman–Crippen LogP) is 7.50. The van der Waals surface area contributed by atoms with Crippen molar-refractivity contribution in [1.29, 1.82) is 0 Å². The third-order valence-corrected chi connectivity index (χ3v) is 7.82. The Hall–Kier alpha value is -1.61. The number of hydrogen-bond acceptors (Lipinski definition) is 4. The molecule has 32 heavy (non-hydrogen) atoms. The number of aromatic hydroxyl groups is 1. The Labute approximate surface area is 195 Å². The number of para-hydroxylation sites is 2. The minimum atomic E-state index is -3.82. The molecule has 0 aliphatic carbocycles. The molecule has 0 saturated heterocycles. The van der Waals surface area contributed by atoms with Gasteiger partial charge < -0.3 is 0 Å². The van der Waals surface area contributed by atoms with E-state index in [0.29, 0.717) is 11.9 Å². The summed E-state index contributed by atoms with van der Waals surface area (Å²) >= 11 is 0. The zero-order chi connectivity index (χ0) is 23.5. The fraction of sp³-hybridized carbons (Fsp3) is 0.556. The molecule has 180 valence electrons. The van der Waals surface area contributed by atoms with E-state index in [1.165, 1.54) is 44.9 Å². The van der Waals surface area contributed by atoms with E-state index >= 15 is 0 Å². The summed E-state index contributed by atoms with van der Waals surface area (Å²) in [7, 11) is -3.82. The summed E-state index contributed by atoms with van der Waals surface area (Å²) < 4.78 is 5.83. The summed E-state index contributed by atoms with van der Waals surface area (Å²) in [5.41, 5.74) is 1.04. The zero-order valence-corrected chi connectivity index (χ0v) is 21.1. The van der Waals surface area contributed by atoms with Gasteiger partial charge in [-0.3, -0.25) is 0 Å². The molecular formula is C27H43O4P. The van der Waals surface area contributed by atoms with Crippen molar-refractivity contribution < 1.29 is 19.4 Å². The van der Waals surface area contributed by atoms with Gasteiger partial charge in [0.2, 0.25) is 0 Å². The van der Waals surface area contributed by atoms with Gasteiger partial charge in [0.15, 0.2) is 0 Å². The average Bonchev–Trinajstić information content (AvgIpc) is 2.75. The van der Waals surface area contributed by atoms with E-state index < -0.39 is 13.4 Å². The van der Waals surface area contributed by atoms with E-state index in [2.05, 4.69) is 6.92 Å². The molecular weight excluding hydrogens is 419 g/mol. The van der Waals surface area contributed by atoms with Crippen LogP contribution in [0.1, 0.15) is 96.1 Å². The third kappa shape index (κ3) is 8.39. The molecule has 2 aromatic rings. The van der Waals surface area contributed by atoms with Crippen molar-refractivity contribution in [3.8, 4) is 11.5 Å². The predicted molar refractivity (Wildman–Crippen MR) is 137 cm³/mol. The fourth-order valence-corrected chi connectivity index (χ4v) is 5.63. The number of phenols is 1. The molecule has 0 saturated carbocycles. The Morgan fingerprint density at radius 3 is 1.81 bits per heavy atom. The van der Waals surface area contributed by atoms with E-state index in [0.717, 1.165) is 30.4 Å². The molecule has 0 aromatic heterocycles. The summed E-state index contributed by atoms with van der Waals surface area (Å²) in [5, 5.41) is 10.4. The van der Waals surface area contributed by atoms with E-state index in [9.17, 15) is 14.9 Å². The monoisotopic (exact) mass is 462 g/mol. The van der Waals surface area contributed by atoms with Gasteiger partial charge in [0.25, 0.3) is 0 Å². The standard InChI is InChI=1S/C27H43O4P/c1-4-5-6-7-8-9-10-11-12-17-22-32(29,30)31-26-21-16-14-19-24(26)27(2,3)23-18-13-15-20-25(23)28/h13-16,18-21,28-30,32H,4-12,17,22H2,1-3H3. The quantitative estimate of drug-likeness (QED) is 0.189. The maximum atomic E-state index is 10.6. The third-order valence-electron chi connectivity index (χ3n) is 6.27. The molecule has 4 nitrogen and oxygen atoms in total. The maximum absolute atomic E-state index is 10.6. The number of unbranched alkanes of at least 4 members (excludes halogenated alkanes) is 9. The first kappa shape index (κ1) is 26.6. The van der Waals surface area contributed by atoms with Crippen molar-refractivity contribution in [1.82, 2.24) is 0 Å². The number of rotatable bonds is 15. The number of phenolic OH excluding ortho intramolecular Hbond substituents is 1. The molecule has 2 aromatic carbocycles. The topological polar surface area (TPSA) is 69.9 Å². The first-order valence-electron chi connectivity index (χ1n) is 12.3. The molecule has 0 atom stereocenters. The summed E-state index contributed by atoms with van der Waals surface area (Å²) in [4.78, 5) is 21.3. The Bertz CT molecular complexity index is 804. The summed E-state index contributed by atoms with van der Waals surface area (Å²) in [6.07, 6.45) is 12.3. The summed E-state index contributed by atoms with van der Waals surface area (Å²) in [6, 6.07) is 14.7. The van der Waals surface area contributed by atoms with Crippen LogP contribution in [-0.4, -0.2) is 21.1 Å². The van der Waals surface area contributed by atoms with E-state index in [1.807, 2.05) is 44.2 Å². The second-order valence-electron chi connectivity index (χ2n) is 9.42. The van der Waals surface area contributed by atoms with Gasteiger partial charge in [-0.1, -0.05) is 0 Å². The molecule has 0 unspecified atom stereocenters. The van der Waals surface area contributed by atoms with Crippen molar-refractivity contribution in [3.05, 3.63) is 59.7 Å². The van der Waals surface area contributed by atoms with Crippen LogP contribution in [0.25, 0.3) is 0 Å². The van der Waals surface area contributed by atoms with Gasteiger partial charge in [-0.2, -0.15) is 0 Å². The van der Waals surface area contributed by atoms with Gasteiger partial charge in [0.05, 0.1) is 0 Å². The number of benzene rings is 2. The van der Waals surface area contributed by atoms with Crippen LogP contribution in [0.3, 0.4) is 0 Å². The zero-order valence-electron chi connectivity index (χ0n) is 20.1.